The molecule has 4 aromatic carbocycles. The number of benzene rings is 4. The van der Waals surface area contributed by atoms with Crippen LogP contribution in [-0.2, 0) is 10.8 Å². The molecule has 4 N–H and O–H groups in total. The number of nitrogen functional groups attached to an aromatic ring is 2. The zero-order chi connectivity index (χ0) is 28.3. The van der Waals surface area contributed by atoms with Crippen LogP contribution < -0.4 is 20.9 Å². The SMILES string of the molecule is CC(C)(c1ccc(N)cc1)c1ccc(Oc2cccc(Oc3ccc(C(C)(C)c4ccc(N)cc4)cc3)n2)cc1. The van der Waals surface area contributed by atoms with E-state index < -0.39 is 0 Å². The largest absolute Gasteiger partial charge is 0.439 e. The topological polar surface area (TPSA) is 83.4 Å². The normalized spacial score (nSPS) is 11.7. The molecule has 0 aliphatic carbocycles. The number of hydrogen-bond donors (Lipinski definition) is 2. The first kappa shape index (κ1) is 26.8. The van der Waals surface area contributed by atoms with Crippen LogP contribution in [0.4, 0.5) is 11.4 Å². The standard InChI is InChI=1S/C35H35N3O2/c1-34(2,24-8-16-28(36)17-9-24)26-12-20-30(21-13-26)39-32-6-5-7-33(38-32)40-31-22-14-27(15-23-31)35(3,4)25-10-18-29(37)19-11-25/h5-23H,36-37H2,1-4H3. The molecule has 0 atom stereocenters. The van der Waals surface area contributed by atoms with Crippen molar-refractivity contribution in [2.45, 2.75) is 38.5 Å². The minimum atomic E-state index is -0.169. The highest BCUT2D eigenvalue weighted by atomic mass is 16.5. The summed E-state index contributed by atoms with van der Waals surface area (Å²) in [7, 11) is 0. The third-order valence-corrected chi connectivity index (χ3v) is 7.56. The predicted molar refractivity (Wildman–Crippen MR) is 163 cm³/mol. The first-order valence-corrected chi connectivity index (χ1v) is 13.4. The molecule has 0 saturated carbocycles. The molecule has 40 heavy (non-hydrogen) atoms. The van der Waals surface area contributed by atoms with E-state index in [2.05, 4.69) is 81.2 Å². The van der Waals surface area contributed by atoms with Gasteiger partial charge in [0.2, 0.25) is 11.8 Å². The smallest absolute Gasteiger partial charge is 0.222 e. The Morgan fingerprint density at radius 3 is 1.07 bits per heavy atom. The number of nitrogens with two attached hydrogens (primary N) is 2. The van der Waals surface area contributed by atoms with Crippen LogP contribution >= 0.6 is 0 Å². The van der Waals surface area contributed by atoms with Crippen LogP contribution in [0.1, 0.15) is 49.9 Å². The van der Waals surface area contributed by atoms with Crippen molar-refractivity contribution < 1.29 is 9.47 Å². The molecule has 1 heterocycles. The van der Waals surface area contributed by atoms with Gasteiger partial charge in [-0.05, 0) is 70.8 Å². The molecule has 0 unspecified atom stereocenters. The maximum Gasteiger partial charge on any atom is 0.222 e. The van der Waals surface area contributed by atoms with Crippen LogP contribution in [0.25, 0.3) is 0 Å². The van der Waals surface area contributed by atoms with Gasteiger partial charge in [0.25, 0.3) is 0 Å². The molecule has 5 aromatic rings. The summed E-state index contributed by atoms with van der Waals surface area (Å²) in [6, 6.07) is 37.7. The average Bonchev–Trinajstić information content (AvgIpc) is 2.94. The molecule has 202 valence electrons. The Balaban J connectivity index is 1.26. The van der Waals surface area contributed by atoms with E-state index >= 15 is 0 Å². The number of hydrogen-bond acceptors (Lipinski definition) is 5. The van der Waals surface area contributed by atoms with Crippen LogP contribution in [0.3, 0.4) is 0 Å². The molecule has 0 aliphatic heterocycles. The van der Waals surface area contributed by atoms with Crippen molar-refractivity contribution in [3.8, 4) is 23.3 Å². The number of rotatable bonds is 8. The Morgan fingerprint density at radius 1 is 0.450 bits per heavy atom. The van der Waals surface area contributed by atoms with Gasteiger partial charge in [0, 0.05) is 34.3 Å². The molecular formula is C35H35N3O2. The Morgan fingerprint density at radius 2 is 0.750 bits per heavy atom. The number of anilines is 2. The molecule has 0 aliphatic rings. The Labute approximate surface area is 236 Å². The molecule has 0 spiro atoms. The summed E-state index contributed by atoms with van der Waals surface area (Å²) in [5.74, 6) is 2.33. The van der Waals surface area contributed by atoms with Crippen LogP contribution in [0, 0.1) is 0 Å². The van der Waals surface area contributed by atoms with Gasteiger partial charge in [-0.2, -0.15) is 4.98 Å². The fraction of sp³-hybridized carbons (Fsp3) is 0.171. The van der Waals surface area contributed by atoms with Crippen molar-refractivity contribution in [1.82, 2.24) is 4.98 Å². The highest BCUT2D eigenvalue weighted by Gasteiger charge is 2.24. The molecule has 1 aromatic heterocycles. The summed E-state index contributed by atoms with van der Waals surface area (Å²) in [4.78, 5) is 4.55. The van der Waals surface area contributed by atoms with Crippen molar-refractivity contribution in [1.29, 1.82) is 0 Å². The molecule has 0 bridgehead atoms. The van der Waals surface area contributed by atoms with Crippen molar-refractivity contribution in [2.24, 2.45) is 0 Å². The van der Waals surface area contributed by atoms with Gasteiger partial charge in [-0.25, -0.2) is 0 Å². The summed E-state index contributed by atoms with van der Waals surface area (Å²) in [6.07, 6.45) is 0. The van der Waals surface area contributed by atoms with Gasteiger partial charge >= 0.3 is 0 Å². The molecule has 5 rings (SSSR count). The lowest BCUT2D eigenvalue weighted by atomic mass is 9.78. The summed E-state index contributed by atoms with van der Waals surface area (Å²) >= 11 is 0. The molecule has 5 heteroatoms. The molecule has 0 saturated heterocycles. The van der Waals surface area contributed by atoms with Gasteiger partial charge in [-0.1, -0.05) is 82.3 Å². The number of pyridine rings is 1. The minimum absolute atomic E-state index is 0.169. The van der Waals surface area contributed by atoms with Crippen molar-refractivity contribution >= 4 is 11.4 Å². The highest BCUT2D eigenvalue weighted by molar-refractivity contribution is 5.47. The van der Waals surface area contributed by atoms with Crippen LogP contribution in [0.15, 0.2) is 115 Å². The molecule has 5 nitrogen and oxygen atoms in total. The third-order valence-electron chi connectivity index (χ3n) is 7.56. The van der Waals surface area contributed by atoms with Gasteiger partial charge in [0.1, 0.15) is 11.5 Å². The summed E-state index contributed by atoms with van der Waals surface area (Å²) in [5, 5.41) is 0. The van der Waals surface area contributed by atoms with E-state index in [1.165, 1.54) is 22.3 Å². The lowest BCUT2D eigenvalue weighted by Gasteiger charge is -2.26. The Hall–Kier alpha value is -4.77. The number of nitrogens with zero attached hydrogens (tertiary/aromatic N) is 1. The monoisotopic (exact) mass is 529 g/mol. The predicted octanol–water partition coefficient (Wildman–Crippen LogP) is 8.48. The van der Waals surface area contributed by atoms with E-state index in [9.17, 15) is 0 Å². The fourth-order valence-corrected chi connectivity index (χ4v) is 4.76. The van der Waals surface area contributed by atoms with Crippen molar-refractivity contribution in [2.75, 3.05) is 11.5 Å². The number of aromatic nitrogens is 1. The van der Waals surface area contributed by atoms with E-state index in [1.54, 1.807) is 0 Å². The van der Waals surface area contributed by atoms with E-state index in [4.69, 9.17) is 20.9 Å². The molecular weight excluding hydrogens is 494 g/mol. The second-order valence-corrected chi connectivity index (χ2v) is 11.1. The van der Waals surface area contributed by atoms with Crippen LogP contribution in [-0.4, -0.2) is 4.98 Å². The van der Waals surface area contributed by atoms with Crippen molar-refractivity contribution in [3.05, 3.63) is 138 Å². The second-order valence-electron chi connectivity index (χ2n) is 11.1. The molecule has 0 radical (unpaired) electrons. The zero-order valence-electron chi connectivity index (χ0n) is 23.4. The lowest BCUT2D eigenvalue weighted by Crippen LogP contribution is -2.18. The first-order valence-electron chi connectivity index (χ1n) is 13.4. The second kappa shape index (κ2) is 10.8. The van der Waals surface area contributed by atoms with Gasteiger partial charge < -0.3 is 20.9 Å². The highest BCUT2D eigenvalue weighted by Crippen LogP contribution is 2.35. The Bertz CT molecular complexity index is 1450. The van der Waals surface area contributed by atoms with Crippen LogP contribution in [0.5, 0.6) is 23.3 Å². The van der Waals surface area contributed by atoms with Crippen molar-refractivity contribution in [3.63, 3.8) is 0 Å². The quantitative estimate of drug-likeness (QED) is 0.197. The summed E-state index contributed by atoms with van der Waals surface area (Å²) in [5.41, 5.74) is 17.7. The molecule has 0 amide bonds. The van der Waals surface area contributed by atoms with Crippen LogP contribution in [0.2, 0.25) is 0 Å². The zero-order valence-corrected chi connectivity index (χ0v) is 23.4. The maximum absolute atomic E-state index is 6.05. The van der Waals surface area contributed by atoms with E-state index in [0.29, 0.717) is 23.3 Å². The van der Waals surface area contributed by atoms with Gasteiger partial charge in [-0.15, -0.1) is 0 Å². The third kappa shape index (κ3) is 5.79. The summed E-state index contributed by atoms with van der Waals surface area (Å²) < 4.78 is 12.1. The molecule has 0 fully saturated rings. The van der Waals surface area contributed by atoms with E-state index in [0.717, 1.165) is 11.4 Å². The van der Waals surface area contributed by atoms with Gasteiger partial charge in [-0.3, -0.25) is 0 Å². The minimum Gasteiger partial charge on any atom is -0.439 e. The first-order chi connectivity index (χ1) is 19.1. The van der Waals surface area contributed by atoms with E-state index in [1.807, 2.05) is 66.7 Å². The fourth-order valence-electron chi connectivity index (χ4n) is 4.76. The lowest BCUT2D eigenvalue weighted by molar-refractivity contribution is 0.426. The number of ether oxygens (including phenoxy) is 2. The Kier molecular flexibility index (Phi) is 7.22. The van der Waals surface area contributed by atoms with E-state index in [-0.39, 0.29) is 10.8 Å². The van der Waals surface area contributed by atoms with Gasteiger partial charge in [0.05, 0.1) is 0 Å². The van der Waals surface area contributed by atoms with Gasteiger partial charge in [0.15, 0.2) is 0 Å². The maximum atomic E-state index is 6.05. The average molecular weight is 530 g/mol. The summed E-state index contributed by atoms with van der Waals surface area (Å²) in [6.45, 7) is 8.79.